The SMILES string of the molecule is C[C@@H](C[C@H]1CCC2(CC2)OC1)NC(=O)OC(C)(C)C. The number of rotatable bonds is 3. The highest BCUT2D eigenvalue weighted by Gasteiger charge is 2.46. The quantitative estimate of drug-likeness (QED) is 0.855. The van der Waals surface area contributed by atoms with Crippen LogP contribution in [0.5, 0.6) is 0 Å². The van der Waals surface area contributed by atoms with E-state index >= 15 is 0 Å². The van der Waals surface area contributed by atoms with E-state index in [2.05, 4.69) is 5.32 Å². The minimum Gasteiger partial charge on any atom is -0.444 e. The van der Waals surface area contributed by atoms with E-state index in [1.165, 1.54) is 25.7 Å². The van der Waals surface area contributed by atoms with Crippen molar-refractivity contribution in [2.45, 2.75) is 77.0 Å². The molecule has 2 aliphatic rings. The zero-order valence-corrected chi connectivity index (χ0v) is 12.6. The molecule has 1 aliphatic carbocycles. The van der Waals surface area contributed by atoms with E-state index < -0.39 is 5.60 Å². The molecule has 0 radical (unpaired) electrons. The summed E-state index contributed by atoms with van der Waals surface area (Å²) in [7, 11) is 0. The maximum Gasteiger partial charge on any atom is 0.407 e. The van der Waals surface area contributed by atoms with Gasteiger partial charge in [-0.2, -0.15) is 0 Å². The monoisotopic (exact) mass is 269 g/mol. The largest absolute Gasteiger partial charge is 0.444 e. The van der Waals surface area contributed by atoms with E-state index in [4.69, 9.17) is 9.47 Å². The molecule has 2 fully saturated rings. The lowest BCUT2D eigenvalue weighted by molar-refractivity contribution is -0.0380. The summed E-state index contributed by atoms with van der Waals surface area (Å²) in [5.74, 6) is 0.566. The first-order valence-corrected chi connectivity index (χ1v) is 7.41. The third-order valence-electron chi connectivity index (χ3n) is 3.89. The fourth-order valence-corrected chi connectivity index (χ4v) is 2.70. The first-order valence-electron chi connectivity index (χ1n) is 7.41. The first kappa shape index (κ1) is 14.6. The van der Waals surface area contributed by atoms with Crippen LogP contribution >= 0.6 is 0 Å². The van der Waals surface area contributed by atoms with E-state index in [0.29, 0.717) is 5.92 Å². The molecule has 0 aromatic carbocycles. The predicted octanol–water partition coefficient (Wildman–Crippen LogP) is 3.25. The summed E-state index contributed by atoms with van der Waals surface area (Å²) >= 11 is 0. The zero-order valence-electron chi connectivity index (χ0n) is 12.6. The molecule has 1 saturated carbocycles. The van der Waals surface area contributed by atoms with Crippen LogP contribution in [-0.2, 0) is 9.47 Å². The van der Waals surface area contributed by atoms with Gasteiger partial charge in [0.05, 0.1) is 12.2 Å². The van der Waals surface area contributed by atoms with E-state index in [1.54, 1.807) is 0 Å². The van der Waals surface area contributed by atoms with E-state index in [-0.39, 0.29) is 17.7 Å². The van der Waals surface area contributed by atoms with Gasteiger partial charge in [-0.15, -0.1) is 0 Å². The molecule has 1 spiro atoms. The van der Waals surface area contributed by atoms with Crippen LogP contribution in [0, 0.1) is 5.92 Å². The standard InChI is InChI=1S/C15H27NO3/c1-11(16-13(17)19-14(2,3)4)9-12-5-6-15(7-8-15)18-10-12/h11-12H,5-10H2,1-4H3,(H,16,17)/t11-,12+/m0/s1. The molecule has 2 rings (SSSR count). The zero-order chi connectivity index (χ0) is 14.1. The Kier molecular flexibility index (Phi) is 4.09. The maximum atomic E-state index is 11.7. The van der Waals surface area contributed by atoms with Crippen LogP contribution in [0.1, 0.15) is 59.8 Å². The van der Waals surface area contributed by atoms with Crippen molar-refractivity contribution in [2.75, 3.05) is 6.61 Å². The molecule has 1 saturated heterocycles. The van der Waals surface area contributed by atoms with Gasteiger partial charge in [-0.3, -0.25) is 0 Å². The Bertz CT molecular complexity index is 321. The molecule has 0 unspecified atom stereocenters. The number of carbonyl (C=O) groups excluding carboxylic acids is 1. The van der Waals surface area contributed by atoms with Crippen LogP contribution in [0.2, 0.25) is 0 Å². The molecule has 0 aromatic rings. The van der Waals surface area contributed by atoms with Crippen LogP contribution in [0.4, 0.5) is 4.79 Å². The molecule has 19 heavy (non-hydrogen) atoms. The van der Waals surface area contributed by atoms with Crippen LogP contribution in [0.15, 0.2) is 0 Å². The van der Waals surface area contributed by atoms with Gasteiger partial charge in [-0.05, 0) is 65.7 Å². The van der Waals surface area contributed by atoms with Crippen LogP contribution in [0.3, 0.4) is 0 Å². The Balaban J connectivity index is 1.66. The second-order valence-corrected chi connectivity index (χ2v) is 7.18. The van der Waals surface area contributed by atoms with Crippen LogP contribution in [-0.4, -0.2) is 29.9 Å². The first-order chi connectivity index (χ1) is 8.78. The van der Waals surface area contributed by atoms with Gasteiger partial charge in [0, 0.05) is 6.04 Å². The number of hydrogen-bond donors (Lipinski definition) is 1. The van der Waals surface area contributed by atoms with Gasteiger partial charge in [0.15, 0.2) is 0 Å². The number of alkyl carbamates (subject to hydrolysis) is 1. The smallest absolute Gasteiger partial charge is 0.407 e. The number of nitrogens with one attached hydrogen (secondary N) is 1. The second kappa shape index (κ2) is 5.31. The van der Waals surface area contributed by atoms with Crippen molar-refractivity contribution < 1.29 is 14.3 Å². The van der Waals surface area contributed by atoms with Gasteiger partial charge in [0.1, 0.15) is 5.60 Å². The molecule has 0 aromatic heterocycles. The number of ether oxygens (including phenoxy) is 2. The molecule has 4 nitrogen and oxygen atoms in total. The van der Waals surface area contributed by atoms with Gasteiger partial charge in [-0.1, -0.05) is 0 Å². The van der Waals surface area contributed by atoms with E-state index in [9.17, 15) is 4.79 Å². The minimum absolute atomic E-state index is 0.136. The van der Waals surface area contributed by atoms with Gasteiger partial charge < -0.3 is 14.8 Å². The molecular weight excluding hydrogens is 242 g/mol. The Labute approximate surface area is 116 Å². The third kappa shape index (κ3) is 4.68. The molecule has 4 heteroatoms. The summed E-state index contributed by atoms with van der Waals surface area (Å²) in [5.41, 5.74) is -0.172. The molecular formula is C15H27NO3. The van der Waals surface area contributed by atoms with Crippen LogP contribution < -0.4 is 5.32 Å². The normalized spacial score (nSPS) is 26.8. The Morgan fingerprint density at radius 1 is 1.42 bits per heavy atom. The molecule has 2 atom stereocenters. The van der Waals surface area contributed by atoms with Crippen molar-refractivity contribution in [1.82, 2.24) is 5.32 Å². The Hall–Kier alpha value is -0.770. The van der Waals surface area contributed by atoms with Crippen molar-refractivity contribution in [3.05, 3.63) is 0 Å². The summed E-state index contributed by atoms with van der Waals surface area (Å²) in [4.78, 5) is 11.7. The minimum atomic E-state index is -0.434. The highest BCUT2D eigenvalue weighted by molar-refractivity contribution is 5.68. The average molecular weight is 269 g/mol. The lowest BCUT2D eigenvalue weighted by Crippen LogP contribution is -2.39. The third-order valence-corrected chi connectivity index (χ3v) is 3.89. The molecule has 1 N–H and O–H groups in total. The van der Waals surface area contributed by atoms with Crippen LogP contribution in [0.25, 0.3) is 0 Å². The van der Waals surface area contributed by atoms with Crippen molar-refractivity contribution in [3.8, 4) is 0 Å². The fraction of sp³-hybridized carbons (Fsp3) is 0.933. The average Bonchev–Trinajstić information content (AvgIpc) is 2.99. The summed E-state index contributed by atoms with van der Waals surface area (Å²) in [6.07, 6.45) is 5.54. The van der Waals surface area contributed by atoms with Crippen molar-refractivity contribution in [1.29, 1.82) is 0 Å². The fourth-order valence-electron chi connectivity index (χ4n) is 2.70. The highest BCUT2D eigenvalue weighted by atomic mass is 16.6. The molecule has 0 bridgehead atoms. The number of hydrogen-bond acceptors (Lipinski definition) is 3. The topological polar surface area (TPSA) is 47.6 Å². The lowest BCUT2D eigenvalue weighted by atomic mass is 9.92. The van der Waals surface area contributed by atoms with Crippen molar-refractivity contribution in [2.24, 2.45) is 5.92 Å². The van der Waals surface area contributed by atoms with Crippen molar-refractivity contribution >= 4 is 6.09 Å². The number of amides is 1. The number of carbonyl (C=O) groups is 1. The second-order valence-electron chi connectivity index (χ2n) is 7.18. The predicted molar refractivity (Wildman–Crippen MR) is 74.1 cm³/mol. The molecule has 110 valence electrons. The van der Waals surface area contributed by atoms with E-state index in [1.807, 2.05) is 27.7 Å². The van der Waals surface area contributed by atoms with Gasteiger partial charge in [0.2, 0.25) is 0 Å². The summed E-state index contributed by atoms with van der Waals surface area (Å²) in [6.45, 7) is 8.51. The maximum absolute atomic E-state index is 11.7. The lowest BCUT2D eigenvalue weighted by Gasteiger charge is -2.31. The van der Waals surface area contributed by atoms with Gasteiger partial charge in [-0.25, -0.2) is 4.79 Å². The molecule has 1 heterocycles. The van der Waals surface area contributed by atoms with Gasteiger partial charge >= 0.3 is 6.09 Å². The summed E-state index contributed by atoms with van der Waals surface area (Å²) in [6, 6.07) is 0.136. The van der Waals surface area contributed by atoms with Crippen molar-refractivity contribution in [3.63, 3.8) is 0 Å². The Morgan fingerprint density at radius 2 is 2.11 bits per heavy atom. The van der Waals surface area contributed by atoms with E-state index in [0.717, 1.165) is 13.0 Å². The van der Waals surface area contributed by atoms with Gasteiger partial charge in [0.25, 0.3) is 0 Å². The Morgan fingerprint density at radius 3 is 2.58 bits per heavy atom. The summed E-state index contributed by atoms with van der Waals surface area (Å²) in [5, 5.41) is 2.90. The molecule has 1 amide bonds. The summed E-state index contributed by atoms with van der Waals surface area (Å²) < 4.78 is 11.2. The molecule has 1 aliphatic heterocycles. The highest BCUT2D eigenvalue weighted by Crippen LogP contribution is 2.47.